The van der Waals surface area contributed by atoms with Crippen LogP contribution in [0.25, 0.3) is 0 Å². The van der Waals surface area contributed by atoms with Gasteiger partial charge in [-0.1, -0.05) is 48.0 Å². The summed E-state index contributed by atoms with van der Waals surface area (Å²) >= 11 is 0. The van der Waals surface area contributed by atoms with Crippen LogP contribution in [-0.4, -0.2) is 26.8 Å². The predicted octanol–water partition coefficient (Wildman–Crippen LogP) is 3.74. The third-order valence-corrected chi connectivity index (χ3v) is 6.27. The number of aryl methyl sites for hydroxylation is 1. The van der Waals surface area contributed by atoms with Gasteiger partial charge in [-0.05, 0) is 49.2 Å². The van der Waals surface area contributed by atoms with Crippen LogP contribution in [0.3, 0.4) is 0 Å². The molecule has 0 atom stereocenters. The fourth-order valence-electron chi connectivity index (χ4n) is 3.38. The molecule has 1 aliphatic rings. The van der Waals surface area contributed by atoms with Crippen molar-refractivity contribution in [2.75, 3.05) is 11.5 Å². The molecule has 0 radical (unpaired) electrons. The normalized spacial score (nSPS) is 13.6. The maximum absolute atomic E-state index is 12.8. The Labute approximate surface area is 174 Å². The van der Waals surface area contributed by atoms with Gasteiger partial charge in [0.1, 0.15) is 0 Å². The molecule has 1 heterocycles. The van der Waals surface area contributed by atoms with Crippen molar-refractivity contribution in [3.63, 3.8) is 0 Å². The second kappa shape index (κ2) is 7.85. The van der Waals surface area contributed by atoms with E-state index in [2.05, 4.69) is 0 Å². The standard InChI is InChI=1S/C23H19NO5S/c1-16-10-12-18(13-11-16)30(27,28)29-15-14-17-6-2-5-9-21(17)24-22(25)19-7-3-4-8-20(19)23(24)26/h2-13H,14-15H2,1H3. The number of amides is 2. The average Bonchev–Trinajstić information content (AvgIpc) is 2.99. The number of rotatable bonds is 6. The van der Waals surface area contributed by atoms with Gasteiger partial charge in [0, 0.05) is 0 Å². The molecule has 2 amide bonds. The number of carbonyl (C=O) groups excluding carboxylic acids is 2. The van der Waals surface area contributed by atoms with Crippen molar-refractivity contribution in [2.45, 2.75) is 18.2 Å². The van der Waals surface area contributed by atoms with Crippen molar-refractivity contribution in [1.82, 2.24) is 0 Å². The zero-order valence-corrected chi connectivity index (χ0v) is 17.1. The van der Waals surface area contributed by atoms with Crippen LogP contribution >= 0.6 is 0 Å². The van der Waals surface area contributed by atoms with Crippen LogP contribution in [0.1, 0.15) is 31.8 Å². The fourth-order valence-corrected chi connectivity index (χ4v) is 4.29. The first-order valence-electron chi connectivity index (χ1n) is 9.40. The number of para-hydroxylation sites is 1. The lowest BCUT2D eigenvalue weighted by Gasteiger charge is -2.18. The van der Waals surface area contributed by atoms with Gasteiger partial charge in [0.15, 0.2) is 0 Å². The van der Waals surface area contributed by atoms with Crippen LogP contribution in [-0.2, 0) is 20.7 Å². The summed E-state index contributed by atoms with van der Waals surface area (Å²) < 4.78 is 29.9. The minimum atomic E-state index is -3.89. The van der Waals surface area contributed by atoms with E-state index < -0.39 is 21.9 Å². The van der Waals surface area contributed by atoms with Gasteiger partial charge < -0.3 is 0 Å². The highest BCUT2D eigenvalue weighted by atomic mass is 32.2. The molecular weight excluding hydrogens is 402 g/mol. The van der Waals surface area contributed by atoms with Crippen molar-refractivity contribution in [3.05, 3.63) is 95.1 Å². The lowest BCUT2D eigenvalue weighted by atomic mass is 10.1. The summed E-state index contributed by atoms with van der Waals surface area (Å²) in [6.07, 6.45) is 0.217. The number of anilines is 1. The molecule has 30 heavy (non-hydrogen) atoms. The van der Waals surface area contributed by atoms with E-state index in [-0.39, 0.29) is 17.9 Å². The Bertz CT molecular complexity index is 1200. The van der Waals surface area contributed by atoms with E-state index >= 15 is 0 Å². The molecule has 0 bridgehead atoms. The fraction of sp³-hybridized carbons (Fsp3) is 0.130. The Morgan fingerprint density at radius 2 is 1.37 bits per heavy atom. The van der Waals surface area contributed by atoms with Gasteiger partial charge in [-0.2, -0.15) is 8.42 Å². The second-order valence-electron chi connectivity index (χ2n) is 6.96. The van der Waals surface area contributed by atoms with Crippen molar-refractivity contribution in [1.29, 1.82) is 0 Å². The Hall–Kier alpha value is -3.29. The van der Waals surface area contributed by atoms with Crippen LogP contribution in [0.2, 0.25) is 0 Å². The Kier molecular flexibility index (Phi) is 5.24. The molecule has 152 valence electrons. The lowest BCUT2D eigenvalue weighted by Crippen LogP contribution is -2.30. The third-order valence-electron chi connectivity index (χ3n) is 4.95. The predicted molar refractivity (Wildman–Crippen MR) is 112 cm³/mol. The molecule has 0 aromatic heterocycles. The van der Waals surface area contributed by atoms with Crippen LogP contribution in [0, 0.1) is 6.92 Å². The largest absolute Gasteiger partial charge is 0.296 e. The van der Waals surface area contributed by atoms with Crippen molar-refractivity contribution >= 4 is 27.6 Å². The molecule has 0 N–H and O–H groups in total. The molecule has 6 nitrogen and oxygen atoms in total. The summed E-state index contributed by atoms with van der Waals surface area (Å²) in [4.78, 5) is 26.8. The number of imide groups is 1. The number of carbonyl (C=O) groups is 2. The Morgan fingerprint density at radius 1 is 0.800 bits per heavy atom. The second-order valence-corrected chi connectivity index (χ2v) is 8.57. The van der Waals surface area contributed by atoms with E-state index in [0.717, 1.165) is 10.5 Å². The Balaban J connectivity index is 1.53. The molecule has 0 fully saturated rings. The Morgan fingerprint density at radius 3 is 2.00 bits per heavy atom. The highest BCUT2D eigenvalue weighted by Crippen LogP contribution is 2.31. The van der Waals surface area contributed by atoms with Crippen molar-refractivity contribution < 1.29 is 22.2 Å². The third kappa shape index (κ3) is 3.65. The van der Waals surface area contributed by atoms with Crippen LogP contribution in [0.15, 0.2) is 77.7 Å². The van der Waals surface area contributed by atoms with E-state index in [1.807, 2.05) is 6.92 Å². The highest BCUT2D eigenvalue weighted by Gasteiger charge is 2.37. The molecule has 3 aromatic rings. The van der Waals surface area contributed by atoms with Crippen molar-refractivity contribution in [3.8, 4) is 0 Å². The molecule has 4 rings (SSSR count). The van der Waals surface area contributed by atoms with E-state index in [4.69, 9.17) is 4.18 Å². The molecule has 3 aromatic carbocycles. The molecule has 7 heteroatoms. The summed E-state index contributed by atoms with van der Waals surface area (Å²) in [5, 5.41) is 0. The first-order valence-corrected chi connectivity index (χ1v) is 10.8. The molecule has 0 unspecified atom stereocenters. The maximum Gasteiger partial charge on any atom is 0.296 e. The van der Waals surface area contributed by atoms with Crippen LogP contribution < -0.4 is 4.90 Å². The van der Waals surface area contributed by atoms with Gasteiger partial charge >= 0.3 is 0 Å². The maximum atomic E-state index is 12.8. The smallest absolute Gasteiger partial charge is 0.268 e. The van der Waals surface area contributed by atoms with Gasteiger partial charge in [0.05, 0.1) is 28.3 Å². The summed E-state index contributed by atoms with van der Waals surface area (Å²) in [7, 11) is -3.89. The van der Waals surface area contributed by atoms with E-state index in [0.29, 0.717) is 22.4 Å². The number of benzene rings is 3. The average molecular weight is 421 g/mol. The van der Waals surface area contributed by atoms with Gasteiger partial charge in [-0.25, -0.2) is 4.90 Å². The summed E-state index contributed by atoms with van der Waals surface area (Å²) in [5.41, 5.74) is 2.74. The summed E-state index contributed by atoms with van der Waals surface area (Å²) in [5.74, 6) is -0.785. The summed E-state index contributed by atoms with van der Waals surface area (Å²) in [6, 6.07) is 20.0. The van der Waals surface area contributed by atoms with Crippen LogP contribution in [0.5, 0.6) is 0 Å². The van der Waals surface area contributed by atoms with Gasteiger partial charge in [-0.3, -0.25) is 13.8 Å². The van der Waals surface area contributed by atoms with E-state index in [1.54, 1.807) is 60.7 Å². The van der Waals surface area contributed by atoms with Crippen molar-refractivity contribution in [2.24, 2.45) is 0 Å². The number of nitrogens with zero attached hydrogens (tertiary/aromatic N) is 1. The zero-order chi connectivity index (χ0) is 21.3. The molecule has 1 aliphatic heterocycles. The monoisotopic (exact) mass is 421 g/mol. The molecular formula is C23H19NO5S. The number of hydrogen-bond acceptors (Lipinski definition) is 5. The van der Waals surface area contributed by atoms with E-state index in [1.165, 1.54) is 12.1 Å². The number of hydrogen-bond donors (Lipinski definition) is 0. The lowest BCUT2D eigenvalue weighted by molar-refractivity contribution is 0.0925. The van der Waals surface area contributed by atoms with Gasteiger partial charge in [0.25, 0.3) is 21.9 Å². The summed E-state index contributed by atoms with van der Waals surface area (Å²) in [6.45, 7) is 1.75. The quantitative estimate of drug-likeness (QED) is 0.447. The first kappa shape index (κ1) is 20.0. The topological polar surface area (TPSA) is 80.8 Å². The zero-order valence-electron chi connectivity index (χ0n) is 16.2. The first-order chi connectivity index (χ1) is 14.4. The molecule has 0 saturated heterocycles. The van der Waals surface area contributed by atoms with E-state index in [9.17, 15) is 18.0 Å². The van der Waals surface area contributed by atoms with Gasteiger partial charge in [0.2, 0.25) is 0 Å². The number of fused-ring (bicyclic) bond motifs is 1. The van der Waals surface area contributed by atoms with Crippen LogP contribution in [0.4, 0.5) is 5.69 Å². The molecule has 0 saturated carbocycles. The molecule has 0 aliphatic carbocycles. The minimum absolute atomic E-state index is 0.0849. The SMILES string of the molecule is Cc1ccc(S(=O)(=O)OCCc2ccccc2N2C(=O)c3ccccc3C2=O)cc1. The van der Waals surface area contributed by atoms with Gasteiger partial charge in [-0.15, -0.1) is 0 Å². The molecule has 0 spiro atoms. The minimum Gasteiger partial charge on any atom is -0.268 e. The highest BCUT2D eigenvalue weighted by molar-refractivity contribution is 7.86.